The second kappa shape index (κ2) is 4.76. The maximum atomic E-state index is 12.1. The predicted molar refractivity (Wildman–Crippen MR) is 73.6 cm³/mol. The Bertz CT molecular complexity index is 584. The number of carbonyl (C=O) groups excluding carboxylic acids is 1. The van der Waals surface area contributed by atoms with Gasteiger partial charge in [-0.25, -0.2) is 0 Å². The highest BCUT2D eigenvalue weighted by atomic mass is 79.9. The lowest BCUT2D eigenvalue weighted by Crippen LogP contribution is -2.32. The van der Waals surface area contributed by atoms with Gasteiger partial charge in [0.2, 0.25) is 0 Å². The summed E-state index contributed by atoms with van der Waals surface area (Å²) < 4.78 is 6.49. The van der Waals surface area contributed by atoms with Crippen LogP contribution in [0.25, 0.3) is 11.0 Å². The van der Waals surface area contributed by atoms with Crippen LogP contribution in [0.4, 0.5) is 0 Å². The second-order valence-electron chi connectivity index (χ2n) is 4.72. The van der Waals surface area contributed by atoms with Gasteiger partial charge < -0.3 is 9.73 Å². The number of para-hydroxylation sites is 1. The molecule has 1 aliphatic carbocycles. The van der Waals surface area contributed by atoms with Crippen molar-refractivity contribution in [2.75, 3.05) is 0 Å². The zero-order valence-electron chi connectivity index (χ0n) is 9.91. The maximum Gasteiger partial charge on any atom is 0.287 e. The van der Waals surface area contributed by atoms with E-state index < -0.39 is 0 Å². The summed E-state index contributed by atoms with van der Waals surface area (Å²) in [7, 11) is 0. The summed E-state index contributed by atoms with van der Waals surface area (Å²) in [5.41, 5.74) is 0.731. The Morgan fingerprint density at radius 3 is 2.83 bits per heavy atom. The molecule has 4 heteroatoms. The van der Waals surface area contributed by atoms with E-state index in [1.54, 1.807) is 6.07 Å². The Labute approximate surface area is 114 Å². The summed E-state index contributed by atoms with van der Waals surface area (Å²) in [5.74, 6) is 0.286. The van der Waals surface area contributed by atoms with Crippen LogP contribution in [0.1, 0.15) is 36.2 Å². The molecule has 1 amide bonds. The van der Waals surface area contributed by atoms with Crippen molar-refractivity contribution in [3.63, 3.8) is 0 Å². The number of fused-ring (bicyclic) bond motifs is 1. The predicted octanol–water partition coefficient (Wildman–Crippen LogP) is 3.87. The van der Waals surface area contributed by atoms with Gasteiger partial charge in [0.15, 0.2) is 5.76 Å². The first-order valence-electron chi connectivity index (χ1n) is 6.23. The molecule has 0 bridgehead atoms. The van der Waals surface area contributed by atoms with E-state index in [1.807, 2.05) is 18.2 Å². The Balaban J connectivity index is 1.85. The van der Waals surface area contributed by atoms with Crippen LogP contribution in [0.3, 0.4) is 0 Å². The average Bonchev–Trinajstić information content (AvgIpc) is 2.97. The Hall–Kier alpha value is -1.29. The van der Waals surface area contributed by atoms with E-state index in [2.05, 4.69) is 21.2 Å². The number of nitrogens with one attached hydrogen (secondary N) is 1. The summed E-state index contributed by atoms with van der Waals surface area (Å²) in [5, 5.41) is 3.97. The van der Waals surface area contributed by atoms with Gasteiger partial charge in [-0.05, 0) is 40.9 Å². The van der Waals surface area contributed by atoms with E-state index in [9.17, 15) is 4.79 Å². The molecule has 0 radical (unpaired) electrons. The molecule has 18 heavy (non-hydrogen) atoms. The second-order valence-corrected chi connectivity index (χ2v) is 5.58. The molecule has 1 fully saturated rings. The van der Waals surface area contributed by atoms with Crippen molar-refractivity contribution in [2.45, 2.75) is 31.7 Å². The third-order valence-corrected chi connectivity index (χ3v) is 4.03. The molecule has 1 saturated carbocycles. The van der Waals surface area contributed by atoms with Gasteiger partial charge in [0.25, 0.3) is 5.91 Å². The third-order valence-electron chi connectivity index (χ3n) is 3.41. The fourth-order valence-electron chi connectivity index (χ4n) is 2.47. The van der Waals surface area contributed by atoms with Gasteiger partial charge >= 0.3 is 0 Å². The molecular formula is C14H14BrNO2. The standard InChI is InChI=1S/C14H14BrNO2/c15-11-7-3-4-9-8-12(18-13(9)11)14(17)16-10-5-1-2-6-10/h3-4,7-8,10H,1-2,5-6H2,(H,16,17). The molecular weight excluding hydrogens is 294 g/mol. The fraction of sp³-hybridized carbons (Fsp3) is 0.357. The molecule has 1 aromatic heterocycles. The third kappa shape index (κ3) is 2.17. The molecule has 94 valence electrons. The van der Waals surface area contributed by atoms with Crippen LogP contribution in [-0.2, 0) is 0 Å². The Morgan fingerprint density at radius 1 is 1.33 bits per heavy atom. The highest BCUT2D eigenvalue weighted by Crippen LogP contribution is 2.27. The summed E-state index contributed by atoms with van der Waals surface area (Å²) >= 11 is 3.42. The SMILES string of the molecule is O=C(NC1CCCC1)c1cc2cccc(Br)c2o1. The first-order valence-corrected chi connectivity index (χ1v) is 7.02. The van der Waals surface area contributed by atoms with E-state index in [0.717, 1.165) is 28.3 Å². The molecule has 1 heterocycles. The largest absolute Gasteiger partial charge is 0.450 e. The number of rotatable bonds is 2. The van der Waals surface area contributed by atoms with Gasteiger partial charge in [-0.15, -0.1) is 0 Å². The molecule has 0 aliphatic heterocycles. The molecule has 3 rings (SSSR count). The van der Waals surface area contributed by atoms with Gasteiger partial charge in [-0.3, -0.25) is 4.79 Å². The topological polar surface area (TPSA) is 42.2 Å². The van der Waals surface area contributed by atoms with Gasteiger partial charge in [0.1, 0.15) is 5.58 Å². The smallest absolute Gasteiger partial charge is 0.287 e. The maximum absolute atomic E-state index is 12.1. The summed E-state index contributed by atoms with van der Waals surface area (Å²) in [6, 6.07) is 7.89. The molecule has 0 saturated heterocycles. The van der Waals surface area contributed by atoms with E-state index in [-0.39, 0.29) is 5.91 Å². The van der Waals surface area contributed by atoms with E-state index >= 15 is 0 Å². The number of benzene rings is 1. The van der Waals surface area contributed by atoms with Crippen LogP contribution in [-0.4, -0.2) is 11.9 Å². The van der Waals surface area contributed by atoms with Gasteiger partial charge in [-0.1, -0.05) is 25.0 Å². The number of hydrogen-bond acceptors (Lipinski definition) is 2. The van der Waals surface area contributed by atoms with Crippen molar-refractivity contribution < 1.29 is 9.21 Å². The summed E-state index contributed by atoms with van der Waals surface area (Å²) in [6.45, 7) is 0. The normalized spacial score (nSPS) is 16.3. The van der Waals surface area contributed by atoms with Crippen molar-refractivity contribution in [2.24, 2.45) is 0 Å². The highest BCUT2D eigenvalue weighted by molar-refractivity contribution is 9.10. The zero-order valence-corrected chi connectivity index (χ0v) is 11.5. The Kier molecular flexibility index (Phi) is 3.12. The van der Waals surface area contributed by atoms with Crippen LogP contribution < -0.4 is 5.32 Å². The van der Waals surface area contributed by atoms with E-state index in [4.69, 9.17) is 4.42 Å². The van der Waals surface area contributed by atoms with E-state index in [1.165, 1.54) is 12.8 Å². The van der Waals surface area contributed by atoms with Crippen molar-refractivity contribution in [1.82, 2.24) is 5.32 Å². The number of halogens is 1. The molecule has 0 atom stereocenters. The number of amides is 1. The van der Waals surface area contributed by atoms with Crippen LogP contribution in [0.5, 0.6) is 0 Å². The van der Waals surface area contributed by atoms with Crippen molar-refractivity contribution in [1.29, 1.82) is 0 Å². The lowest BCUT2D eigenvalue weighted by atomic mass is 10.2. The lowest BCUT2D eigenvalue weighted by Gasteiger charge is -2.09. The number of furan rings is 1. The summed E-state index contributed by atoms with van der Waals surface area (Å²) in [4.78, 5) is 12.1. The van der Waals surface area contributed by atoms with Gasteiger partial charge in [0.05, 0.1) is 4.47 Å². The minimum Gasteiger partial charge on any atom is -0.450 e. The van der Waals surface area contributed by atoms with Gasteiger partial charge in [0, 0.05) is 11.4 Å². The van der Waals surface area contributed by atoms with Crippen LogP contribution in [0.2, 0.25) is 0 Å². The zero-order chi connectivity index (χ0) is 12.5. The summed E-state index contributed by atoms with van der Waals surface area (Å²) in [6.07, 6.45) is 4.57. The van der Waals surface area contributed by atoms with Crippen LogP contribution in [0, 0.1) is 0 Å². The Morgan fingerprint density at radius 2 is 2.11 bits per heavy atom. The van der Waals surface area contributed by atoms with Crippen molar-refractivity contribution in [3.05, 3.63) is 34.5 Å². The minimum absolute atomic E-state index is 0.106. The van der Waals surface area contributed by atoms with Crippen molar-refractivity contribution >= 4 is 32.8 Å². The van der Waals surface area contributed by atoms with Gasteiger partial charge in [-0.2, -0.15) is 0 Å². The number of hydrogen-bond donors (Lipinski definition) is 1. The molecule has 0 unspecified atom stereocenters. The minimum atomic E-state index is -0.106. The van der Waals surface area contributed by atoms with E-state index in [0.29, 0.717) is 11.8 Å². The quantitative estimate of drug-likeness (QED) is 0.915. The molecule has 1 aromatic carbocycles. The lowest BCUT2D eigenvalue weighted by molar-refractivity contribution is 0.0912. The van der Waals surface area contributed by atoms with Crippen LogP contribution >= 0.6 is 15.9 Å². The molecule has 1 aliphatic rings. The molecule has 2 aromatic rings. The first kappa shape index (κ1) is 11.8. The monoisotopic (exact) mass is 307 g/mol. The first-order chi connectivity index (χ1) is 8.74. The number of carbonyl (C=O) groups is 1. The highest BCUT2D eigenvalue weighted by Gasteiger charge is 2.20. The molecule has 0 spiro atoms. The van der Waals surface area contributed by atoms with Crippen molar-refractivity contribution in [3.8, 4) is 0 Å². The average molecular weight is 308 g/mol. The molecule has 1 N–H and O–H groups in total. The molecule has 3 nitrogen and oxygen atoms in total. The fourth-order valence-corrected chi connectivity index (χ4v) is 2.93. The van der Waals surface area contributed by atoms with Crippen LogP contribution in [0.15, 0.2) is 33.2 Å².